The number of hydrogen-bond donors (Lipinski definition) is 1. The molecular formula is C14H14N6O2S. The molecule has 23 heavy (non-hydrogen) atoms. The van der Waals surface area contributed by atoms with Gasteiger partial charge in [-0.3, -0.25) is 4.79 Å². The summed E-state index contributed by atoms with van der Waals surface area (Å²) in [5, 5.41) is 4.66. The van der Waals surface area contributed by atoms with Crippen molar-refractivity contribution in [2.24, 2.45) is 5.73 Å². The lowest BCUT2D eigenvalue weighted by Crippen LogP contribution is -2.24. The second-order valence-electron chi connectivity index (χ2n) is 5.45. The number of nitrogens with zero attached hydrogens (tertiary/aromatic N) is 5. The fraction of sp³-hybridized carbons (Fsp3) is 0.357. The maximum absolute atomic E-state index is 11.2. The van der Waals surface area contributed by atoms with Crippen molar-refractivity contribution < 1.29 is 9.32 Å². The first kappa shape index (κ1) is 14.1. The van der Waals surface area contributed by atoms with Crippen molar-refractivity contribution >= 4 is 33.3 Å². The molecule has 3 aromatic rings. The van der Waals surface area contributed by atoms with Gasteiger partial charge < -0.3 is 15.2 Å². The molecule has 3 aromatic heterocycles. The first-order chi connectivity index (χ1) is 11.1. The third-order valence-electron chi connectivity index (χ3n) is 3.90. The van der Waals surface area contributed by atoms with Crippen LogP contribution in [0.3, 0.4) is 0 Å². The van der Waals surface area contributed by atoms with E-state index in [0.29, 0.717) is 5.89 Å². The number of fused-ring (bicyclic) bond motifs is 1. The minimum Gasteiger partial charge on any atom is -0.363 e. The van der Waals surface area contributed by atoms with Crippen LogP contribution >= 0.6 is 11.3 Å². The van der Waals surface area contributed by atoms with E-state index in [1.54, 1.807) is 17.7 Å². The molecule has 8 nitrogen and oxygen atoms in total. The molecule has 4 rings (SSSR count). The Morgan fingerprint density at radius 2 is 2.35 bits per heavy atom. The number of amides is 1. The Bertz CT molecular complexity index is 888. The first-order valence-corrected chi connectivity index (χ1v) is 8.06. The normalized spacial score (nSPS) is 18.0. The average molecular weight is 330 g/mol. The number of aromatic nitrogens is 4. The fourth-order valence-electron chi connectivity index (χ4n) is 2.94. The van der Waals surface area contributed by atoms with Gasteiger partial charge in [-0.05, 0) is 25.8 Å². The number of carbonyl (C=O) groups is 1. The van der Waals surface area contributed by atoms with Crippen LogP contribution in [0, 0.1) is 6.92 Å². The van der Waals surface area contributed by atoms with Gasteiger partial charge in [0.25, 0.3) is 11.7 Å². The van der Waals surface area contributed by atoms with Gasteiger partial charge in [-0.1, -0.05) is 5.16 Å². The van der Waals surface area contributed by atoms with Crippen LogP contribution in [0.2, 0.25) is 0 Å². The largest absolute Gasteiger partial charge is 0.363 e. The van der Waals surface area contributed by atoms with Crippen molar-refractivity contribution in [3.8, 4) is 0 Å². The lowest BCUT2D eigenvalue weighted by molar-refractivity contribution is 0.0987. The van der Waals surface area contributed by atoms with E-state index in [0.717, 1.165) is 35.4 Å². The number of primary amides is 1. The molecule has 0 bridgehead atoms. The molecule has 2 N–H and O–H groups in total. The number of rotatable bonds is 3. The molecule has 1 atom stereocenters. The second-order valence-corrected chi connectivity index (χ2v) is 6.68. The molecular weight excluding hydrogens is 316 g/mol. The number of carbonyl (C=O) groups excluding carboxylic acids is 1. The van der Waals surface area contributed by atoms with E-state index in [1.165, 1.54) is 4.88 Å². The fourth-order valence-corrected chi connectivity index (χ4v) is 3.78. The molecule has 1 aliphatic rings. The molecule has 1 aliphatic heterocycles. The van der Waals surface area contributed by atoms with Gasteiger partial charge in [0, 0.05) is 11.4 Å². The van der Waals surface area contributed by atoms with E-state index in [-0.39, 0.29) is 11.9 Å². The SMILES string of the molecule is Cc1cc2c(N3CCCC3c3nc(C(N)=O)no3)ncnc2s1. The van der Waals surface area contributed by atoms with Crippen LogP contribution in [0.5, 0.6) is 0 Å². The summed E-state index contributed by atoms with van der Waals surface area (Å²) >= 11 is 1.64. The Labute approximate surface area is 135 Å². The maximum atomic E-state index is 11.2. The molecule has 0 aromatic carbocycles. The van der Waals surface area contributed by atoms with Crippen molar-refractivity contribution in [1.82, 2.24) is 20.1 Å². The summed E-state index contributed by atoms with van der Waals surface area (Å²) in [4.78, 5) is 28.3. The monoisotopic (exact) mass is 330 g/mol. The lowest BCUT2D eigenvalue weighted by atomic mass is 10.2. The van der Waals surface area contributed by atoms with Crippen LogP contribution in [0.25, 0.3) is 10.2 Å². The number of nitrogens with two attached hydrogens (primary N) is 1. The zero-order valence-electron chi connectivity index (χ0n) is 12.4. The van der Waals surface area contributed by atoms with Crippen molar-refractivity contribution in [2.45, 2.75) is 25.8 Å². The summed E-state index contributed by atoms with van der Waals surface area (Å²) < 4.78 is 5.23. The number of anilines is 1. The van der Waals surface area contributed by atoms with Crippen LogP contribution in [0.1, 0.15) is 40.3 Å². The minimum absolute atomic E-state index is 0.0916. The highest BCUT2D eigenvalue weighted by molar-refractivity contribution is 7.18. The van der Waals surface area contributed by atoms with Gasteiger partial charge >= 0.3 is 0 Å². The molecule has 0 aliphatic carbocycles. The van der Waals surface area contributed by atoms with Gasteiger partial charge in [-0.25, -0.2) is 9.97 Å². The Balaban J connectivity index is 1.75. The third-order valence-corrected chi connectivity index (χ3v) is 4.86. The third kappa shape index (κ3) is 2.33. The van der Waals surface area contributed by atoms with Gasteiger partial charge in [0.05, 0.1) is 5.39 Å². The number of thiophene rings is 1. The second kappa shape index (κ2) is 5.27. The first-order valence-electron chi connectivity index (χ1n) is 7.24. The van der Waals surface area contributed by atoms with Crippen LogP contribution in [-0.2, 0) is 0 Å². The van der Waals surface area contributed by atoms with Crippen molar-refractivity contribution in [1.29, 1.82) is 0 Å². The van der Waals surface area contributed by atoms with Crippen LogP contribution < -0.4 is 10.6 Å². The van der Waals surface area contributed by atoms with E-state index in [4.69, 9.17) is 10.3 Å². The summed E-state index contributed by atoms with van der Waals surface area (Å²) in [5.41, 5.74) is 5.19. The summed E-state index contributed by atoms with van der Waals surface area (Å²) in [6.07, 6.45) is 3.41. The Hall–Kier alpha value is -2.55. The average Bonchev–Trinajstić information content (AvgIpc) is 3.24. The van der Waals surface area contributed by atoms with Gasteiger partial charge in [-0.15, -0.1) is 11.3 Å². The lowest BCUT2D eigenvalue weighted by Gasteiger charge is -2.23. The maximum Gasteiger partial charge on any atom is 0.290 e. The summed E-state index contributed by atoms with van der Waals surface area (Å²) in [6.45, 7) is 2.88. The predicted molar refractivity (Wildman–Crippen MR) is 84.3 cm³/mol. The molecule has 1 amide bonds. The molecule has 1 saturated heterocycles. The van der Waals surface area contributed by atoms with E-state index in [1.807, 2.05) is 0 Å². The predicted octanol–water partition coefficient (Wildman–Crippen LogP) is 1.82. The number of aryl methyl sites for hydroxylation is 1. The quantitative estimate of drug-likeness (QED) is 0.779. The molecule has 1 unspecified atom stereocenters. The Morgan fingerprint density at radius 3 is 3.13 bits per heavy atom. The van der Waals surface area contributed by atoms with Crippen LogP contribution in [0.4, 0.5) is 5.82 Å². The summed E-state index contributed by atoms with van der Waals surface area (Å²) in [5.74, 6) is 0.476. The van der Waals surface area contributed by atoms with Crippen molar-refractivity contribution in [2.75, 3.05) is 11.4 Å². The molecule has 9 heteroatoms. The molecule has 0 radical (unpaired) electrons. The molecule has 0 saturated carbocycles. The molecule has 118 valence electrons. The molecule has 0 spiro atoms. The van der Waals surface area contributed by atoms with E-state index in [2.05, 4.69) is 38.0 Å². The smallest absolute Gasteiger partial charge is 0.290 e. The Kier molecular flexibility index (Phi) is 3.22. The standard InChI is InChI=1S/C14H14N6O2S/c1-7-5-8-12(16-6-17-14(8)23-7)20-4-2-3-9(20)13-18-11(10(15)21)19-22-13/h5-6,9H,2-4H2,1H3,(H2,15,21). The van der Waals surface area contributed by atoms with Gasteiger partial charge in [-0.2, -0.15) is 4.98 Å². The summed E-state index contributed by atoms with van der Waals surface area (Å²) in [6, 6.07) is 1.99. The highest BCUT2D eigenvalue weighted by Gasteiger charge is 2.33. The van der Waals surface area contributed by atoms with E-state index < -0.39 is 5.91 Å². The molecule has 4 heterocycles. The zero-order valence-corrected chi connectivity index (χ0v) is 13.2. The van der Waals surface area contributed by atoms with Crippen molar-refractivity contribution in [3.63, 3.8) is 0 Å². The van der Waals surface area contributed by atoms with E-state index >= 15 is 0 Å². The summed E-state index contributed by atoms with van der Waals surface area (Å²) in [7, 11) is 0. The topological polar surface area (TPSA) is 111 Å². The van der Waals surface area contributed by atoms with Gasteiger partial charge in [0.1, 0.15) is 23.0 Å². The number of hydrogen-bond acceptors (Lipinski definition) is 8. The highest BCUT2D eigenvalue weighted by atomic mass is 32.1. The van der Waals surface area contributed by atoms with Crippen LogP contribution in [-0.4, -0.2) is 32.6 Å². The zero-order chi connectivity index (χ0) is 16.0. The molecule has 1 fully saturated rings. The van der Waals surface area contributed by atoms with Crippen molar-refractivity contribution in [3.05, 3.63) is 29.0 Å². The Morgan fingerprint density at radius 1 is 1.48 bits per heavy atom. The van der Waals surface area contributed by atoms with E-state index in [9.17, 15) is 4.79 Å². The van der Waals surface area contributed by atoms with Gasteiger partial charge in [0.15, 0.2) is 0 Å². The van der Waals surface area contributed by atoms with Crippen LogP contribution in [0.15, 0.2) is 16.9 Å². The highest BCUT2D eigenvalue weighted by Crippen LogP contribution is 2.38. The minimum atomic E-state index is -0.692. The van der Waals surface area contributed by atoms with Gasteiger partial charge in [0.2, 0.25) is 5.89 Å².